The van der Waals surface area contributed by atoms with Crippen LogP contribution in [0.3, 0.4) is 0 Å². The van der Waals surface area contributed by atoms with Crippen LogP contribution in [0, 0.1) is 11.8 Å². The molecule has 0 bridgehead atoms. The van der Waals surface area contributed by atoms with Gasteiger partial charge in [-0.2, -0.15) is 0 Å². The van der Waals surface area contributed by atoms with Crippen LogP contribution < -0.4 is 5.32 Å². The van der Waals surface area contributed by atoms with Crippen molar-refractivity contribution in [2.45, 2.75) is 52.5 Å². The Morgan fingerprint density at radius 3 is 2.52 bits per heavy atom. The molecule has 130 valence electrons. The van der Waals surface area contributed by atoms with Crippen LogP contribution in [0.4, 0.5) is 0 Å². The van der Waals surface area contributed by atoms with E-state index in [0.717, 1.165) is 41.5 Å². The van der Waals surface area contributed by atoms with Crippen LogP contribution in [-0.4, -0.2) is 11.9 Å². The maximum absolute atomic E-state index is 12.6. The average Bonchev–Trinajstić information content (AvgIpc) is 2.61. The van der Waals surface area contributed by atoms with E-state index in [-0.39, 0.29) is 5.91 Å². The zero-order chi connectivity index (χ0) is 18.1. The second-order valence-electron chi connectivity index (χ2n) is 6.34. The average molecular weight is 333 g/mol. The molecule has 0 unspecified atom stereocenters. The van der Waals surface area contributed by atoms with Crippen molar-refractivity contribution in [3.05, 3.63) is 70.8 Å². The number of hydrogen-bond acceptors (Lipinski definition) is 1. The minimum atomic E-state index is 0.0340. The smallest absolute Gasteiger partial charge is 0.251 e. The van der Waals surface area contributed by atoms with Crippen molar-refractivity contribution in [3.8, 4) is 11.8 Å². The first kappa shape index (κ1) is 18.8. The highest BCUT2D eigenvalue weighted by atomic mass is 16.1. The standard InChI is InChI=1S/C23H27NO/c1-4-18(3)22(23(25)24-21-12-9-13-21)17-16-19(5-2)14-15-20-10-7-6-8-11-20/h5-8,10-11,16-17,21H,4,9,12-13H2,1-3H3,(H,24,25). The third-order valence-corrected chi connectivity index (χ3v) is 4.54. The summed E-state index contributed by atoms with van der Waals surface area (Å²) >= 11 is 0. The molecule has 2 heteroatoms. The molecule has 2 rings (SSSR count). The van der Waals surface area contributed by atoms with Gasteiger partial charge in [0.1, 0.15) is 0 Å². The Balaban J connectivity index is 2.13. The summed E-state index contributed by atoms with van der Waals surface area (Å²) in [6.45, 7) is 6.06. The molecule has 1 amide bonds. The van der Waals surface area contributed by atoms with Crippen LogP contribution in [0.5, 0.6) is 0 Å². The molecule has 25 heavy (non-hydrogen) atoms. The summed E-state index contributed by atoms with van der Waals surface area (Å²) in [6.07, 6.45) is 10.1. The molecule has 0 atom stereocenters. The molecule has 1 saturated carbocycles. The summed E-state index contributed by atoms with van der Waals surface area (Å²) in [5, 5.41) is 3.13. The summed E-state index contributed by atoms with van der Waals surface area (Å²) < 4.78 is 0. The van der Waals surface area contributed by atoms with Gasteiger partial charge in [-0.15, -0.1) is 0 Å². The lowest BCUT2D eigenvalue weighted by atomic mass is 9.92. The van der Waals surface area contributed by atoms with Crippen LogP contribution in [0.2, 0.25) is 0 Å². The van der Waals surface area contributed by atoms with Gasteiger partial charge >= 0.3 is 0 Å². The molecule has 0 saturated heterocycles. The van der Waals surface area contributed by atoms with E-state index in [9.17, 15) is 4.79 Å². The van der Waals surface area contributed by atoms with Gasteiger partial charge in [-0.1, -0.05) is 48.6 Å². The van der Waals surface area contributed by atoms with Crippen LogP contribution >= 0.6 is 0 Å². The van der Waals surface area contributed by atoms with Crippen molar-refractivity contribution >= 4 is 5.91 Å². The lowest BCUT2D eigenvalue weighted by Crippen LogP contribution is -2.40. The largest absolute Gasteiger partial charge is 0.349 e. The molecule has 0 aliphatic heterocycles. The van der Waals surface area contributed by atoms with E-state index in [2.05, 4.69) is 24.1 Å². The number of benzene rings is 1. The topological polar surface area (TPSA) is 29.1 Å². The highest BCUT2D eigenvalue weighted by Crippen LogP contribution is 2.20. The second kappa shape index (κ2) is 9.69. The number of rotatable bonds is 5. The molecule has 0 spiro atoms. The zero-order valence-corrected chi connectivity index (χ0v) is 15.4. The van der Waals surface area contributed by atoms with Gasteiger partial charge in [0.25, 0.3) is 5.91 Å². The molecule has 1 fully saturated rings. The Bertz CT molecular complexity index is 737. The van der Waals surface area contributed by atoms with Gasteiger partial charge in [0.05, 0.1) is 0 Å². The Morgan fingerprint density at radius 2 is 1.96 bits per heavy atom. The number of nitrogens with one attached hydrogen (secondary N) is 1. The van der Waals surface area contributed by atoms with Crippen molar-refractivity contribution in [3.63, 3.8) is 0 Å². The number of carbonyl (C=O) groups excluding carboxylic acids is 1. The molecule has 0 heterocycles. The molecular formula is C23H27NO. The quantitative estimate of drug-likeness (QED) is 0.462. The van der Waals surface area contributed by atoms with E-state index in [4.69, 9.17) is 0 Å². The summed E-state index contributed by atoms with van der Waals surface area (Å²) in [7, 11) is 0. The van der Waals surface area contributed by atoms with Crippen molar-refractivity contribution in [1.29, 1.82) is 0 Å². The van der Waals surface area contributed by atoms with Crippen molar-refractivity contribution in [2.75, 3.05) is 0 Å². The number of carbonyl (C=O) groups is 1. The Kier molecular flexibility index (Phi) is 7.29. The van der Waals surface area contributed by atoms with Gasteiger partial charge < -0.3 is 5.32 Å². The summed E-state index contributed by atoms with van der Waals surface area (Å²) in [5.74, 6) is 6.36. The van der Waals surface area contributed by atoms with E-state index in [0.29, 0.717) is 6.04 Å². The first-order chi connectivity index (χ1) is 12.1. The maximum atomic E-state index is 12.6. The van der Waals surface area contributed by atoms with E-state index >= 15 is 0 Å². The fraction of sp³-hybridized carbons (Fsp3) is 0.348. The highest BCUT2D eigenvalue weighted by molar-refractivity contribution is 5.97. The molecule has 0 aromatic heterocycles. The SMILES string of the molecule is CC=C(C#Cc1ccccc1)C=CC(C(=O)NC1CCC1)=C(C)CC. The number of hydrogen-bond donors (Lipinski definition) is 1. The highest BCUT2D eigenvalue weighted by Gasteiger charge is 2.21. The van der Waals surface area contributed by atoms with Crippen molar-refractivity contribution < 1.29 is 4.79 Å². The molecule has 1 aliphatic rings. The monoisotopic (exact) mass is 333 g/mol. The molecular weight excluding hydrogens is 306 g/mol. The summed E-state index contributed by atoms with van der Waals surface area (Å²) in [4.78, 5) is 12.6. The van der Waals surface area contributed by atoms with Gasteiger partial charge in [-0.3, -0.25) is 4.79 Å². The zero-order valence-electron chi connectivity index (χ0n) is 15.4. The minimum Gasteiger partial charge on any atom is -0.349 e. The van der Waals surface area contributed by atoms with E-state index in [1.807, 2.05) is 62.4 Å². The number of allylic oxidation sites excluding steroid dienone is 4. The maximum Gasteiger partial charge on any atom is 0.251 e. The molecule has 1 aliphatic carbocycles. The lowest BCUT2D eigenvalue weighted by molar-refractivity contribution is -0.118. The Labute approximate surface area is 151 Å². The van der Waals surface area contributed by atoms with Gasteiger partial charge in [-0.25, -0.2) is 0 Å². The Hall–Kier alpha value is -2.53. The fourth-order valence-corrected chi connectivity index (χ4v) is 2.47. The molecule has 1 N–H and O–H groups in total. The van der Waals surface area contributed by atoms with Crippen LogP contribution in [-0.2, 0) is 4.79 Å². The first-order valence-corrected chi connectivity index (χ1v) is 9.06. The molecule has 1 aromatic rings. The molecule has 2 nitrogen and oxygen atoms in total. The molecule has 0 radical (unpaired) electrons. The predicted molar refractivity (Wildman–Crippen MR) is 105 cm³/mol. The summed E-state index contributed by atoms with van der Waals surface area (Å²) in [6, 6.07) is 10.3. The Morgan fingerprint density at radius 1 is 1.24 bits per heavy atom. The van der Waals surface area contributed by atoms with Crippen molar-refractivity contribution in [1.82, 2.24) is 5.32 Å². The first-order valence-electron chi connectivity index (χ1n) is 9.06. The van der Waals surface area contributed by atoms with E-state index in [1.165, 1.54) is 6.42 Å². The summed E-state index contributed by atoms with van der Waals surface area (Å²) in [5.41, 5.74) is 3.75. The van der Waals surface area contributed by atoms with Gasteiger partial charge in [0.2, 0.25) is 0 Å². The second-order valence-corrected chi connectivity index (χ2v) is 6.34. The van der Waals surface area contributed by atoms with Crippen LogP contribution in [0.1, 0.15) is 52.0 Å². The van der Waals surface area contributed by atoms with E-state index < -0.39 is 0 Å². The lowest BCUT2D eigenvalue weighted by Gasteiger charge is -2.26. The predicted octanol–water partition coefficient (Wildman–Crippen LogP) is 4.94. The normalized spacial score (nSPS) is 15.9. The van der Waals surface area contributed by atoms with E-state index in [1.54, 1.807) is 0 Å². The molecule has 1 aromatic carbocycles. The third-order valence-electron chi connectivity index (χ3n) is 4.54. The third kappa shape index (κ3) is 5.80. The number of amides is 1. The van der Waals surface area contributed by atoms with Gasteiger partial charge in [0, 0.05) is 22.8 Å². The minimum absolute atomic E-state index is 0.0340. The van der Waals surface area contributed by atoms with Crippen LogP contribution in [0.25, 0.3) is 0 Å². The van der Waals surface area contributed by atoms with Gasteiger partial charge in [0.15, 0.2) is 0 Å². The van der Waals surface area contributed by atoms with Crippen LogP contribution in [0.15, 0.2) is 65.3 Å². The van der Waals surface area contributed by atoms with Crippen molar-refractivity contribution in [2.24, 2.45) is 0 Å². The fourth-order valence-electron chi connectivity index (χ4n) is 2.47. The van der Waals surface area contributed by atoms with Gasteiger partial charge in [-0.05, 0) is 63.8 Å².